The summed E-state index contributed by atoms with van der Waals surface area (Å²) in [6, 6.07) is 7.33. The first kappa shape index (κ1) is 12.5. The molecule has 0 radical (unpaired) electrons. The highest BCUT2D eigenvalue weighted by molar-refractivity contribution is 7.08. The summed E-state index contributed by atoms with van der Waals surface area (Å²) in [4.78, 5) is 0. The van der Waals surface area contributed by atoms with Crippen molar-refractivity contribution in [3.63, 3.8) is 0 Å². The van der Waals surface area contributed by atoms with E-state index in [0.29, 0.717) is 15.9 Å². The number of rotatable bonds is 2. The van der Waals surface area contributed by atoms with Crippen LogP contribution in [0, 0.1) is 0 Å². The smallest absolute Gasteiger partial charge is 0.153 e. The van der Waals surface area contributed by atoms with E-state index in [-0.39, 0.29) is 0 Å². The Kier molecular flexibility index (Phi) is 3.22. The van der Waals surface area contributed by atoms with Gasteiger partial charge in [-0.15, -0.1) is 0 Å². The largest absolute Gasteiger partial charge is 0.382 e. The van der Waals surface area contributed by atoms with Crippen LogP contribution in [0.15, 0.2) is 35.0 Å². The molecule has 3 aromatic rings. The van der Waals surface area contributed by atoms with Crippen molar-refractivity contribution in [1.29, 1.82) is 0 Å². The van der Waals surface area contributed by atoms with Crippen molar-refractivity contribution in [2.24, 2.45) is 0 Å². The van der Waals surface area contributed by atoms with E-state index in [1.807, 2.05) is 22.9 Å². The first-order chi connectivity index (χ1) is 9.16. The Morgan fingerprint density at radius 2 is 2.05 bits per heavy atom. The molecule has 0 amide bonds. The number of aromatic amines is 1. The van der Waals surface area contributed by atoms with E-state index in [4.69, 9.17) is 28.9 Å². The summed E-state index contributed by atoms with van der Waals surface area (Å²) in [5, 5.41) is 12.2. The van der Waals surface area contributed by atoms with Gasteiger partial charge in [0.05, 0.1) is 16.3 Å². The lowest BCUT2D eigenvalue weighted by molar-refractivity contribution is 1.10. The van der Waals surface area contributed by atoms with E-state index in [1.54, 1.807) is 23.5 Å². The summed E-state index contributed by atoms with van der Waals surface area (Å²) in [7, 11) is 0. The Bertz CT molecular complexity index is 720. The molecule has 6 heteroatoms. The van der Waals surface area contributed by atoms with Crippen molar-refractivity contribution < 1.29 is 0 Å². The third-order valence-electron chi connectivity index (χ3n) is 2.80. The summed E-state index contributed by atoms with van der Waals surface area (Å²) in [5.41, 5.74) is 9.48. The van der Waals surface area contributed by atoms with Crippen LogP contribution in [-0.2, 0) is 0 Å². The van der Waals surface area contributed by atoms with Gasteiger partial charge in [0.15, 0.2) is 5.82 Å². The fourth-order valence-corrected chi connectivity index (χ4v) is 3.09. The molecule has 19 heavy (non-hydrogen) atoms. The second-order valence-corrected chi connectivity index (χ2v) is 5.62. The number of hydrogen-bond donors (Lipinski definition) is 2. The molecule has 0 unspecified atom stereocenters. The molecular weight excluding hydrogens is 301 g/mol. The zero-order valence-corrected chi connectivity index (χ0v) is 12.0. The average Bonchev–Trinajstić information content (AvgIpc) is 2.99. The second-order valence-electron chi connectivity index (χ2n) is 4.00. The lowest BCUT2D eigenvalue weighted by atomic mass is 10.0. The quantitative estimate of drug-likeness (QED) is 0.721. The van der Waals surface area contributed by atoms with E-state index >= 15 is 0 Å². The molecule has 2 aromatic heterocycles. The predicted octanol–water partition coefficient (Wildman–Crippen LogP) is 4.69. The number of nitrogen functional groups attached to an aromatic ring is 1. The maximum atomic E-state index is 6.25. The lowest BCUT2D eigenvalue weighted by Crippen LogP contribution is -1.89. The van der Waals surface area contributed by atoms with Gasteiger partial charge in [-0.2, -0.15) is 16.4 Å². The predicted molar refractivity (Wildman–Crippen MR) is 81.8 cm³/mol. The number of anilines is 1. The molecule has 0 saturated carbocycles. The van der Waals surface area contributed by atoms with Gasteiger partial charge in [-0.25, -0.2) is 0 Å². The van der Waals surface area contributed by atoms with Crippen molar-refractivity contribution in [2.45, 2.75) is 0 Å². The van der Waals surface area contributed by atoms with Crippen LogP contribution in [0.5, 0.6) is 0 Å². The van der Waals surface area contributed by atoms with Gasteiger partial charge >= 0.3 is 0 Å². The standard InChI is InChI=1S/C13H9Cl2N3S/c14-8-1-2-9(10(15)5-8)11-12(17-18-13(11)16)7-3-4-19-6-7/h1-6H,(H3,16,17,18). The summed E-state index contributed by atoms with van der Waals surface area (Å²) in [6.45, 7) is 0. The number of benzene rings is 1. The van der Waals surface area contributed by atoms with Crippen molar-refractivity contribution in [3.05, 3.63) is 45.1 Å². The van der Waals surface area contributed by atoms with Crippen LogP contribution >= 0.6 is 34.5 Å². The number of nitrogens with zero attached hydrogens (tertiary/aromatic N) is 1. The van der Waals surface area contributed by atoms with Crippen LogP contribution in [-0.4, -0.2) is 10.2 Å². The highest BCUT2D eigenvalue weighted by Crippen LogP contribution is 2.39. The van der Waals surface area contributed by atoms with Crippen molar-refractivity contribution in [3.8, 4) is 22.4 Å². The maximum Gasteiger partial charge on any atom is 0.153 e. The maximum absolute atomic E-state index is 6.25. The monoisotopic (exact) mass is 309 g/mol. The molecule has 1 aromatic carbocycles. The SMILES string of the molecule is Nc1n[nH]c(-c2ccsc2)c1-c1ccc(Cl)cc1Cl. The van der Waals surface area contributed by atoms with Gasteiger partial charge in [0.25, 0.3) is 0 Å². The number of aromatic nitrogens is 2. The molecule has 2 heterocycles. The van der Waals surface area contributed by atoms with E-state index in [0.717, 1.165) is 22.4 Å². The molecule has 0 atom stereocenters. The van der Waals surface area contributed by atoms with Crippen LogP contribution in [0.4, 0.5) is 5.82 Å². The number of nitrogens with one attached hydrogen (secondary N) is 1. The Morgan fingerprint density at radius 1 is 1.21 bits per heavy atom. The Morgan fingerprint density at radius 3 is 2.74 bits per heavy atom. The van der Waals surface area contributed by atoms with Gasteiger partial charge in [0.1, 0.15) is 0 Å². The third kappa shape index (κ3) is 2.23. The topological polar surface area (TPSA) is 54.7 Å². The zero-order chi connectivity index (χ0) is 13.4. The average molecular weight is 310 g/mol. The fourth-order valence-electron chi connectivity index (χ4n) is 1.94. The summed E-state index contributed by atoms with van der Waals surface area (Å²) in [6.07, 6.45) is 0. The number of H-pyrrole nitrogens is 1. The highest BCUT2D eigenvalue weighted by Gasteiger charge is 2.17. The summed E-state index contributed by atoms with van der Waals surface area (Å²) in [5.74, 6) is 0.422. The van der Waals surface area contributed by atoms with Gasteiger partial charge in [-0.05, 0) is 23.6 Å². The molecule has 0 aliphatic rings. The molecule has 0 bridgehead atoms. The van der Waals surface area contributed by atoms with E-state index in [9.17, 15) is 0 Å². The zero-order valence-electron chi connectivity index (χ0n) is 9.65. The van der Waals surface area contributed by atoms with Crippen LogP contribution in [0.3, 0.4) is 0 Å². The van der Waals surface area contributed by atoms with Gasteiger partial charge in [0, 0.05) is 21.5 Å². The summed E-state index contributed by atoms with van der Waals surface area (Å²) < 4.78 is 0. The normalized spacial score (nSPS) is 10.8. The molecule has 0 spiro atoms. The molecule has 3 rings (SSSR count). The van der Waals surface area contributed by atoms with E-state index in [1.165, 1.54) is 0 Å². The number of halogens is 2. The Labute approximate surface area is 124 Å². The van der Waals surface area contributed by atoms with Crippen LogP contribution in [0.25, 0.3) is 22.4 Å². The van der Waals surface area contributed by atoms with Crippen molar-refractivity contribution in [2.75, 3.05) is 5.73 Å². The van der Waals surface area contributed by atoms with Gasteiger partial charge < -0.3 is 5.73 Å². The third-order valence-corrected chi connectivity index (χ3v) is 4.04. The van der Waals surface area contributed by atoms with Gasteiger partial charge in [-0.3, -0.25) is 5.10 Å². The number of nitrogens with two attached hydrogens (primary N) is 1. The molecule has 3 N–H and O–H groups in total. The van der Waals surface area contributed by atoms with Crippen molar-refractivity contribution >= 4 is 40.4 Å². The van der Waals surface area contributed by atoms with Crippen LogP contribution < -0.4 is 5.73 Å². The molecule has 0 fully saturated rings. The van der Waals surface area contributed by atoms with Gasteiger partial charge in [0.2, 0.25) is 0 Å². The first-order valence-electron chi connectivity index (χ1n) is 5.48. The fraction of sp³-hybridized carbons (Fsp3) is 0. The molecule has 0 aliphatic heterocycles. The minimum Gasteiger partial charge on any atom is -0.382 e. The van der Waals surface area contributed by atoms with Crippen LogP contribution in [0.2, 0.25) is 10.0 Å². The Hall–Kier alpha value is -1.49. The second kappa shape index (κ2) is 4.89. The van der Waals surface area contributed by atoms with Crippen molar-refractivity contribution in [1.82, 2.24) is 10.2 Å². The minimum atomic E-state index is 0.422. The van der Waals surface area contributed by atoms with Gasteiger partial charge in [-0.1, -0.05) is 29.3 Å². The Balaban J connectivity index is 2.22. The number of hydrogen-bond acceptors (Lipinski definition) is 3. The van der Waals surface area contributed by atoms with E-state index < -0.39 is 0 Å². The lowest BCUT2D eigenvalue weighted by Gasteiger charge is -2.06. The first-order valence-corrected chi connectivity index (χ1v) is 7.18. The highest BCUT2D eigenvalue weighted by atomic mass is 35.5. The number of thiophene rings is 1. The molecule has 3 nitrogen and oxygen atoms in total. The van der Waals surface area contributed by atoms with E-state index in [2.05, 4.69) is 10.2 Å². The molecular formula is C13H9Cl2N3S. The molecule has 0 saturated heterocycles. The minimum absolute atomic E-state index is 0.422. The molecule has 96 valence electrons. The molecule has 0 aliphatic carbocycles. The summed E-state index contributed by atoms with van der Waals surface area (Å²) >= 11 is 13.8. The van der Waals surface area contributed by atoms with Crippen LogP contribution in [0.1, 0.15) is 0 Å².